The Bertz CT molecular complexity index is 494. The van der Waals surface area contributed by atoms with Gasteiger partial charge in [-0.2, -0.15) is 0 Å². The second-order valence-corrected chi connectivity index (χ2v) is 5.03. The fourth-order valence-electron chi connectivity index (χ4n) is 1.85. The highest BCUT2D eigenvalue weighted by atomic mass is 32.1. The number of nitrogens with two attached hydrogens (primary N) is 1. The quantitative estimate of drug-likeness (QED) is 0.856. The molecule has 0 saturated heterocycles. The maximum atomic E-state index is 5.61. The van der Waals surface area contributed by atoms with E-state index in [2.05, 4.69) is 34.5 Å². The molecule has 17 heavy (non-hydrogen) atoms. The molecule has 0 aliphatic rings. The van der Waals surface area contributed by atoms with Gasteiger partial charge in [-0.05, 0) is 37.3 Å². The summed E-state index contributed by atoms with van der Waals surface area (Å²) < 4.78 is 1.14. The number of rotatable bonds is 5. The highest BCUT2D eigenvalue weighted by Gasteiger charge is 2.11. The molecule has 5 heteroatoms. The van der Waals surface area contributed by atoms with Gasteiger partial charge in [0.15, 0.2) is 0 Å². The maximum Gasteiger partial charge on any atom is 0.147 e. The minimum atomic E-state index is 0.389. The molecule has 0 bridgehead atoms. The van der Waals surface area contributed by atoms with Gasteiger partial charge in [0, 0.05) is 6.04 Å². The molecule has 0 spiro atoms. The molecule has 0 aromatic carbocycles. The van der Waals surface area contributed by atoms with Gasteiger partial charge >= 0.3 is 0 Å². The van der Waals surface area contributed by atoms with E-state index in [1.54, 1.807) is 17.7 Å². The van der Waals surface area contributed by atoms with Crippen LogP contribution in [0.25, 0.3) is 10.2 Å². The highest BCUT2D eigenvalue weighted by Crippen LogP contribution is 2.29. The molecule has 0 aliphatic carbocycles. The maximum absolute atomic E-state index is 5.61. The van der Waals surface area contributed by atoms with E-state index in [0.717, 1.165) is 28.9 Å². The molecule has 1 unspecified atom stereocenters. The van der Waals surface area contributed by atoms with E-state index in [9.17, 15) is 0 Å². The molecule has 1 atom stereocenters. The fourth-order valence-corrected chi connectivity index (χ4v) is 2.80. The van der Waals surface area contributed by atoms with Gasteiger partial charge in [-0.3, -0.25) is 0 Å². The molecule has 0 amide bonds. The van der Waals surface area contributed by atoms with Crippen LogP contribution in [0.2, 0.25) is 0 Å². The van der Waals surface area contributed by atoms with Gasteiger partial charge in [-0.15, -0.1) is 11.3 Å². The van der Waals surface area contributed by atoms with Crippen molar-refractivity contribution in [1.82, 2.24) is 9.97 Å². The lowest BCUT2D eigenvalue weighted by Gasteiger charge is -2.16. The van der Waals surface area contributed by atoms with Crippen LogP contribution in [0.1, 0.15) is 25.3 Å². The third-order valence-corrected chi connectivity index (χ3v) is 3.97. The van der Waals surface area contributed by atoms with Crippen molar-refractivity contribution >= 4 is 27.4 Å². The lowest BCUT2D eigenvalue weighted by molar-refractivity contribution is 0.640. The molecule has 0 saturated carbocycles. The molecule has 2 heterocycles. The van der Waals surface area contributed by atoms with Crippen molar-refractivity contribution < 1.29 is 0 Å². The normalized spacial score (nSPS) is 12.9. The number of hydrogen-bond acceptors (Lipinski definition) is 5. The van der Waals surface area contributed by atoms with E-state index in [4.69, 9.17) is 5.73 Å². The third-order valence-electron chi connectivity index (χ3n) is 2.88. The predicted molar refractivity (Wildman–Crippen MR) is 73.5 cm³/mol. The summed E-state index contributed by atoms with van der Waals surface area (Å²) in [5, 5.41) is 5.58. The Morgan fingerprint density at radius 2 is 2.29 bits per heavy atom. The van der Waals surface area contributed by atoms with Crippen molar-refractivity contribution in [2.75, 3.05) is 11.9 Å². The molecule has 4 nitrogen and oxygen atoms in total. The molecular weight excluding hydrogens is 232 g/mol. The Balaban J connectivity index is 2.29. The van der Waals surface area contributed by atoms with Crippen LogP contribution in [0, 0.1) is 6.92 Å². The Labute approximate surface area is 105 Å². The van der Waals surface area contributed by atoms with Crippen LogP contribution in [0.4, 0.5) is 5.82 Å². The van der Waals surface area contributed by atoms with Crippen LogP contribution in [0.3, 0.4) is 0 Å². The van der Waals surface area contributed by atoms with Gasteiger partial charge in [-0.1, -0.05) is 6.92 Å². The lowest BCUT2D eigenvalue weighted by atomic mass is 10.1. The average molecular weight is 250 g/mol. The Kier molecular flexibility index (Phi) is 3.91. The number of aromatic nitrogens is 2. The Hall–Kier alpha value is -1.20. The number of nitrogens with one attached hydrogen (secondary N) is 1. The monoisotopic (exact) mass is 250 g/mol. The third kappa shape index (κ3) is 2.56. The van der Waals surface area contributed by atoms with Crippen molar-refractivity contribution in [2.45, 2.75) is 32.7 Å². The first-order chi connectivity index (χ1) is 8.26. The minimum absolute atomic E-state index is 0.389. The van der Waals surface area contributed by atoms with Crippen LogP contribution in [-0.2, 0) is 0 Å². The Morgan fingerprint density at radius 3 is 3.00 bits per heavy atom. The number of aryl methyl sites for hydroxylation is 1. The number of anilines is 1. The summed E-state index contributed by atoms with van der Waals surface area (Å²) in [5.74, 6) is 0.938. The van der Waals surface area contributed by atoms with Crippen molar-refractivity contribution in [1.29, 1.82) is 0 Å². The van der Waals surface area contributed by atoms with Gasteiger partial charge in [0.1, 0.15) is 12.1 Å². The summed E-state index contributed by atoms with van der Waals surface area (Å²) in [6, 6.07) is 0.389. The summed E-state index contributed by atoms with van der Waals surface area (Å²) in [4.78, 5) is 8.65. The largest absolute Gasteiger partial charge is 0.366 e. The second kappa shape index (κ2) is 5.42. The van der Waals surface area contributed by atoms with E-state index in [1.807, 2.05) is 0 Å². The molecule has 2 rings (SSSR count). The van der Waals surface area contributed by atoms with Gasteiger partial charge in [0.05, 0.1) is 10.2 Å². The van der Waals surface area contributed by atoms with Gasteiger partial charge < -0.3 is 11.1 Å². The minimum Gasteiger partial charge on any atom is -0.366 e. The summed E-state index contributed by atoms with van der Waals surface area (Å²) in [5.41, 5.74) is 7.87. The van der Waals surface area contributed by atoms with Crippen molar-refractivity contribution in [3.8, 4) is 0 Å². The van der Waals surface area contributed by atoms with Gasteiger partial charge in [0.25, 0.3) is 0 Å². The SMILES string of the molecule is CCC(CCN)Nc1ncnc2c(C)csc12. The smallest absolute Gasteiger partial charge is 0.147 e. The fraction of sp³-hybridized carbons (Fsp3) is 0.500. The van der Waals surface area contributed by atoms with E-state index in [1.165, 1.54) is 5.56 Å². The van der Waals surface area contributed by atoms with Crippen LogP contribution in [-0.4, -0.2) is 22.6 Å². The molecule has 0 radical (unpaired) electrons. The summed E-state index contributed by atoms with van der Waals surface area (Å²) in [7, 11) is 0. The molecule has 0 aliphatic heterocycles. The van der Waals surface area contributed by atoms with Crippen LogP contribution in [0.5, 0.6) is 0 Å². The second-order valence-electron chi connectivity index (χ2n) is 4.15. The number of thiophene rings is 1. The molecule has 2 aromatic heterocycles. The lowest BCUT2D eigenvalue weighted by Crippen LogP contribution is -2.22. The molecule has 92 valence electrons. The zero-order chi connectivity index (χ0) is 12.3. The van der Waals surface area contributed by atoms with Crippen LogP contribution in [0.15, 0.2) is 11.7 Å². The van der Waals surface area contributed by atoms with Crippen molar-refractivity contribution in [2.24, 2.45) is 5.73 Å². The molecule has 0 fully saturated rings. The standard InChI is InChI=1S/C12H18N4S/c1-3-9(4-5-13)16-12-11-10(14-7-15-12)8(2)6-17-11/h6-7,9H,3-5,13H2,1-2H3,(H,14,15,16). The van der Waals surface area contributed by atoms with Crippen LogP contribution >= 0.6 is 11.3 Å². The topological polar surface area (TPSA) is 63.8 Å². The number of fused-ring (bicyclic) bond motifs is 1. The van der Waals surface area contributed by atoms with Gasteiger partial charge in [-0.25, -0.2) is 9.97 Å². The average Bonchev–Trinajstić information content (AvgIpc) is 2.72. The molecule has 3 N–H and O–H groups in total. The number of hydrogen-bond donors (Lipinski definition) is 2. The summed E-state index contributed by atoms with van der Waals surface area (Å²) in [6.07, 6.45) is 3.64. The van der Waals surface area contributed by atoms with E-state index >= 15 is 0 Å². The van der Waals surface area contributed by atoms with E-state index in [-0.39, 0.29) is 0 Å². The van der Waals surface area contributed by atoms with Crippen molar-refractivity contribution in [3.05, 3.63) is 17.3 Å². The van der Waals surface area contributed by atoms with E-state index in [0.29, 0.717) is 12.6 Å². The first-order valence-electron chi connectivity index (χ1n) is 5.91. The first kappa shape index (κ1) is 12.3. The molecular formula is C12H18N4S. The van der Waals surface area contributed by atoms with Crippen molar-refractivity contribution in [3.63, 3.8) is 0 Å². The zero-order valence-electron chi connectivity index (χ0n) is 10.2. The first-order valence-corrected chi connectivity index (χ1v) is 6.79. The van der Waals surface area contributed by atoms with Gasteiger partial charge in [0.2, 0.25) is 0 Å². The highest BCUT2D eigenvalue weighted by molar-refractivity contribution is 7.18. The number of nitrogens with zero attached hydrogens (tertiary/aromatic N) is 2. The summed E-state index contributed by atoms with van der Waals surface area (Å²) >= 11 is 1.69. The van der Waals surface area contributed by atoms with E-state index < -0.39 is 0 Å². The zero-order valence-corrected chi connectivity index (χ0v) is 11.0. The Morgan fingerprint density at radius 1 is 1.47 bits per heavy atom. The predicted octanol–water partition coefficient (Wildman–Crippen LogP) is 2.54. The summed E-state index contributed by atoms with van der Waals surface area (Å²) in [6.45, 7) is 4.93. The molecule has 2 aromatic rings. The van der Waals surface area contributed by atoms with Crippen LogP contribution < -0.4 is 11.1 Å².